The van der Waals surface area contributed by atoms with Crippen LogP contribution in [0.4, 0.5) is 10.7 Å². The number of amides is 1. The van der Waals surface area contributed by atoms with Crippen molar-refractivity contribution in [2.45, 2.75) is 53.9 Å². The average molecular weight is 445 g/mol. The van der Waals surface area contributed by atoms with Gasteiger partial charge in [0.1, 0.15) is 5.00 Å². The van der Waals surface area contributed by atoms with E-state index in [9.17, 15) is 19.7 Å². The number of carbonyl (C=O) groups is 2. The zero-order valence-corrected chi connectivity index (χ0v) is 19.4. The molecule has 7 nitrogen and oxygen atoms in total. The largest absolute Gasteiger partial charge is 0.462 e. The third-order valence-electron chi connectivity index (χ3n) is 5.86. The molecule has 1 atom stereocenters. The molecule has 31 heavy (non-hydrogen) atoms. The SMILES string of the molecule is CCOC(=O)c1c(NC(=O)c2ccc(C)c([N+](=O)[O-])c2)sc2c1CC[C@@H](C(C)(C)C)C2. The molecule has 0 saturated heterocycles. The zero-order valence-electron chi connectivity index (χ0n) is 18.5. The quantitative estimate of drug-likeness (QED) is 0.371. The Hall–Kier alpha value is -2.74. The van der Waals surface area contributed by atoms with Gasteiger partial charge in [-0.05, 0) is 56.1 Å². The van der Waals surface area contributed by atoms with E-state index < -0.39 is 16.8 Å². The number of anilines is 1. The molecule has 1 aromatic carbocycles. The molecule has 1 heterocycles. The van der Waals surface area contributed by atoms with Crippen molar-refractivity contribution in [1.82, 2.24) is 0 Å². The summed E-state index contributed by atoms with van der Waals surface area (Å²) in [6.07, 6.45) is 2.58. The van der Waals surface area contributed by atoms with Gasteiger partial charge in [-0.3, -0.25) is 14.9 Å². The summed E-state index contributed by atoms with van der Waals surface area (Å²) < 4.78 is 5.27. The van der Waals surface area contributed by atoms with Gasteiger partial charge in [-0.2, -0.15) is 0 Å². The van der Waals surface area contributed by atoms with Crippen LogP contribution in [0.3, 0.4) is 0 Å². The first-order valence-electron chi connectivity index (χ1n) is 10.4. The van der Waals surface area contributed by atoms with E-state index in [1.807, 2.05) is 0 Å². The molecular formula is C23H28N2O5S. The first-order chi connectivity index (χ1) is 14.5. The Balaban J connectivity index is 1.96. The zero-order chi connectivity index (χ0) is 22.9. The van der Waals surface area contributed by atoms with Gasteiger partial charge in [0.15, 0.2) is 0 Å². The van der Waals surface area contributed by atoms with E-state index in [0.29, 0.717) is 22.0 Å². The number of rotatable bonds is 5. The fourth-order valence-corrected chi connectivity index (χ4v) is 5.27. The number of nitrogens with one attached hydrogen (secondary N) is 1. The summed E-state index contributed by atoms with van der Waals surface area (Å²) in [7, 11) is 0. The molecular weight excluding hydrogens is 416 g/mol. The predicted octanol–water partition coefficient (Wildman–Crippen LogP) is 5.54. The van der Waals surface area contributed by atoms with Crippen LogP contribution in [0, 0.1) is 28.4 Å². The minimum Gasteiger partial charge on any atom is -0.462 e. The molecule has 0 spiro atoms. The molecule has 1 aliphatic rings. The number of esters is 1. The molecule has 1 amide bonds. The normalized spacial score (nSPS) is 15.8. The number of aryl methyl sites for hydroxylation is 1. The van der Waals surface area contributed by atoms with Crippen LogP contribution < -0.4 is 5.32 Å². The summed E-state index contributed by atoms with van der Waals surface area (Å²) in [5, 5.41) is 14.5. The van der Waals surface area contributed by atoms with Crippen LogP contribution >= 0.6 is 11.3 Å². The lowest BCUT2D eigenvalue weighted by molar-refractivity contribution is -0.385. The third kappa shape index (κ3) is 4.79. The first-order valence-corrected chi connectivity index (χ1v) is 11.2. The van der Waals surface area contributed by atoms with Gasteiger partial charge in [-0.25, -0.2) is 4.79 Å². The standard InChI is InChI=1S/C23H28N2O5S/c1-6-30-22(27)19-16-10-9-15(23(3,4)5)12-18(16)31-21(19)24-20(26)14-8-7-13(2)17(11-14)25(28)29/h7-8,11,15H,6,9-10,12H2,1-5H3,(H,24,26)/t15-/m1/s1. The minimum absolute atomic E-state index is 0.114. The lowest BCUT2D eigenvalue weighted by atomic mass is 9.72. The average Bonchev–Trinajstić information content (AvgIpc) is 3.04. The number of nitro benzene ring substituents is 1. The first kappa shape index (κ1) is 22.9. The second-order valence-corrected chi connectivity index (χ2v) is 10.1. The lowest BCUT2D eigenvalue weighted by Crippen LogP contribution is -2.26. The molecule has 0 unspecified atom stereocenters. The van der Waals surface area contributed by atoms with Gasteiger partial charge in [0, 0.05) is 22.1 Å². The molecule has 8 heteroatoms. The second kappa shape index (κ2) is 8.78. The van der Waals surface area contributed by atoms with Crippen molar-refractivity contribution in [2.75, 3.05) is 11.9 Å². The number of nitrogens with zero attached hydrogens (tertiary/aromatic N) is 1. The fraction of sp³-hybridized carbons (Fsp3) is 0.478. The van der Waals surface area contributed by atoms with Gasteiger partial charge in [0.25, 0.3) is 11.6 Å². The molecule has 0 aliphatic heterocycles. The number of thiophene rings is 1. The number of hydrogen-bond donors (Lipinski definition) is 1. The maximum absolute atomic E-state index is 12.9. The number of carbonyl (C=O) groups excluding carboxylic acids is 2. The monoisotopic (exact) mass is 444 g/mol. The topological polar surface area (TPSA) is 98.5 Å². The summed E-state index contributed by atoms with van der Waals surface area (Å²) in [6.45, 7) is 10.3. The van der Waals surface area contributed by atoms with Crippen LogP contribution in [0.15, 0.2) is 18.2 Å². The van der Waals surface area contributed by atoms with Crippen LogP contribution in [0.1, 0.15) is 70.8 Å². The van der Waals surface area contributed by atoms with Crippen molar-refractivity contribution in [2.24, 2.45) is 11.3 Å². The van der Waals surface area contributed by atoms with Crippen LogP contribution in [0.5, 0.6) is 0 Å². The predicted molar refractivity (Wildman–Crippen MR) is 121 cm³/mol. The molecule has 0 radical (unpaired) electrons. The molecule has 3 rings (SSSR count). The number of fused-ring (bicyclic) bond motifs is 1. The van der Waals surface area contributed by atoms with E-state index >= 15 is 0 Å². The fourth-order valence-electron chi connectivity index (χ4n) is 3.95. The highest BCUT2D eigenvalue weighted by Gasteiger charge is 2.34. The summed E-state index contributed by atoms with van der Waals surface area (Å²) in [5.41, 5.74) is 2.06. The van der Waals surface area contributed by atoms with E-state index in [1.165, 1.54) is 17.4 Å². The van der Waals surface area contributed by atoms with Crippen molar-refractivity contribution in [3.05, 3.63) is 55.4 Å². The van der Waals surface area contributed by atoms with Crippen molar-refractivity contribution in [3.8, 4) is 0 Å². The summed E-state index contributed by atoms with van der Waals surface area (Å²) in [5.74, 6) is -0.448. The van der Waals surface area contributed by atoms with Gasteiger partial charge in [-0.1, -0.05) is 26.8 Å². The summed E-state index contributed by atoms with van der Waals surface area (Å²) >= 11 is 1.41. The Morgan fingerprint density at radius 1 is 1.32 bits per heavy atom. The van der Waals surface area contributed by atoms with Crippen molar-refractivity contribution < 1.29 is 19.2 Å². The smallest absolute Gasteiger partial charge is 0.341 e. The molecule has 0 bridgehead atoms. The highest BCUT2D eigenvalue weighted by atomic mass is 32.1. The minimum atomic E-state index is -0.507. The molecule has 1 N–H and O–H groups in total. The number of ether oxygens (including phenoxy) is 1. The van der Waals surface area contributed by atoms with Crippen LogP contribution in [0.2, 0.25) is 0 Å². The Morgan fingerprint density at radius 2 is 2.03 bits per heavy atom. The van der Waals surface area contributed by atoms with Crippen molar-refractivity contribution in [1.29, 1.82) is 0 Å². The van der Waals surface area contributed by atoms with Crippen molar-refractivity contribution in [3.63, 3.8) is 0 Å². The number of benzene rings is 1. The molecule has 166 valence electrons. The molecule has 0 saturated carbocycles. The van der Waals surface area contributed by atoms with Gasteiger partial charge in [-0.15, -0.1) is 11.3 Å². The Kier molecular flexibility index (Phi) is 6.50. The summed E-state index contributed by atoms with van der Waals surface area (Å²) in [4.78, 5) is 37.4. The van der Waals surface area contributed by atoms with Gasteiger partial charge in [0.05, 0.1) is 17.1 Å². The lowest BCUT2D eigenvalue weighted by Gasteiger charge is -2.33. The van der Waals surface area contributed by atoms with E-state index in [2.05, 4.69) is 26.1 Å². The van der Waals surface area contributed by atoms with Gasteiger partial charge >= 0.3 is 5.97 Å². The number of nitro groups is 1. The Bertz CT molecular complexity index is 1040. The maximum atomic E-state index is 12.9. The van der Waals surface area contributed by atoms with Crippen LogP contribution in [-0.2, 0) is 17.6 Å². The van der Waals surface area contributed by atoms with Crippen LogP contribution in [0.25, 0.3) is 0 Å². The van der Waals surface area contributed by atoms with Gasteiger partial charge < -0.3 is 10.1 Å². The van der Waals surface area contributed by atoms with Crippen LogP contribution in [-0.4, -0.2) is 23.4 Å². The number of hydrogen-bond acceptors (Lipinski definition) is 6. The van der Waals surface area contributed by atoms with Crippen molar-refractivity contribution >= 4 is 33.9 Å². The third-order valence-corrected chi connectivity index (χ3v) is 7.03. The van der Waals surface area contributed by atoms with E-state index in [1.54, 1.807) is 26.0 Å². The molecule has 1 aliphatic carbocycles. The second-order valence-electron chi connectivity index (χ2n) is 8.95. The van der Waals surface area contributed by atoms with Gasteiger partial charge in [0.2, 0.25) is 0 Å². The highest BCUT2D eigenvalue weighted by molar-refractivity contribution is 7.17. The van der Waals surface area contributed by atoms with E-state index in [-0.39, 0.29) is 23.3 Å². The molecule has 2 aromatic rings. The van der Waals surface area contributed by atoms with E-state index in [0.717, 1.165) is 29.7 Å². The molecule has 0 fully saturated rings. The molecule has 1 aromatic heterocycles. The maximum Gasteiger partial charge on any atom is 0.341 e. The Morgan fingerprint density at radius 3 is 2.65 bits per heavy atom. The highest BCUT2D eigenvalue weighted by Crippen LogP contribution is 2.44. The summed E-state index contributed by atoms with van der Waals surface area (Å²) in [6, 6.07) is 4.36. The van der Waals surface area contributed by atoms with E-state index in [4.69, 9.17) is 4.74 Å². The Labute approximate surface area is 186 Å².